The molecule has 5 nitrogen and oxygen atoms in total. The van der Waals surface area contributed by atoms with E-state index in [2.05, 4.69) is 29.6 Å². The molecule has 5 heteroatoms. The van der Waals surface area contributed by atoms with E-state index in [1.54, 1.807) is 20.1 Å². The Balaban J connectivity index is 1.65. The van der Waals surface area contributed by atoms with Crippen molar-refractivity contribution in [2.24, 2.45) is 0 Å². The second-order valence-electron chi connectivity index (χ2n) is 8.19. The standard InChI is InChI=1S/C27H25NO4/c1-3-24(30)32-22-14-12-17(15-23(22)31-2)27-26-19(9-6-10-21(26)29)25-18-8-5-4-7-16(18)11-13-20(25)28-27/h4-5,7-8,11-15,27-28H,3,6,9-10H2,1-2H3/t27-/m0/s1. The third-order valence-electron chi connectivity index (χ3n) is 6.31. The first-order chi connectivity index (χ1) is 15.6. The van der Waals surface area contributed by atoms with E-state index in [9.17, 15) is 9.59 Å². The first-order valence-electron chi connectivity index (χ1n) is 11.0. The van der Waals surface area contributed by atoms with E-state index in [-0.39, 0.29) is 24.2 Å². The fourth-order valence-corrected chi connectivity index (χ4v) is 4.80. The number of hydrogen-bond donors (Lipinski definition) is 1. The third kappa shape index (κ3) is 3.34. The number of benzene rings is 3. The Hall–Kier alpha value is -3.60. The molecule has 3 aromatic rings. The molecule has 0 amide bonds. The SMILES string of the molecule is CCC(=O)Oc1ccc([C@@H]2Nc3ccc4ccccc4c3C3=C2C(=O)CCC3)cc1OC. The van der Waals surface area contributed by atoms with E-state index in [1.807, 2.05) is 24.3 Å². The van der Waals surface area contributed by atoms with Crippen molar-refractivity contribution in [3.05, 3.63) is 71.3 Å². The average Bonchev–Trinajstić information content (AvgIpc) is 2.83. The molecule has 0 aromatic heterocycles. The van der Waals surface area contributed by atoms with Crippen molar-refractivity contribution in [3.8, 4) is 11.5 Å². The number of carbonyl (C=O) groups is 2. The number of carbonyl (C=O) groups excluding carboxylic acids is 2. The highest BCUT2D eigenvalue weighted by Crippen LogP contribution is 2.48. The summed E-state index contributed by atoms with van der Waals surface area (Å²) in [4.78, 5) is 24.9. The molecule has 32 heavy (non-hydrogen) atoms. The summed E-state index contributed by atoms with van der Waals surface area (Å²) in [5.41, 5.74) is 5.04. The number of fused-ring (bicyclic) bond motifs is 4. The summed E-state index contributed by atoms with van der Waals surface area (Å²) in [5, 5.41) is 5.95. The van der Waals surface area contributed by atoms with Crippen molar-refractivity contribution in [1.82, 2.24) is 0 Å². The van der Waals surface area contributed by atoms with Crippen LogP contribution in [0.1, 0.15) is 49.8 Å². The summed E-state index contributed by atoms with van der Waals surface area (Å²) in [7, 11) is 1.55. The molecule has 1 atom stereocenters. The number of allylic oxidation sites excluding steroid dienone is 1. The summed E-state index contributed by atoms with van der Waals surface area (Å²) in [5.74, 6) is 0.721. The number of nitrogens with one attached hydrogen (secondary N) is 1. The van der Waals surface area contributed by atoms with Crippen molar-refractivity contribution in [1.29, 1.82) is 0 Å². The van der Waals surface area contributed by atoms with Gasteiger partial charge in [0, 0.05) is 29.7 Å². The van der Waals surface area contributed by atoms with Gasteiger partial charge in [0.1, 0.15) is 0 Å². The van der Waals surface area contributed by atoms with Crippen LogP contribution in [-0.2, 0) is 9.59 Å². The minimum Gasteiger partial charge on any atom is -0.493 e. The predicted octanol–water partition coefficient (Wildman–Crippen LogP) is 5.84. The van der Waals surface area contributed by atoms with Crippen molar-refractivity contribution in [2.75, 3.05) is 12.4 Å². The van der Waals surface area contributed by atoms with Gasteiger partial charge in [-0.3, -0.25) is 9.59 Å². The van der Waals surface area contributed by atoms with Crippen LogP contribution in [0.3, 0.4) is 0 Å². The van der Waals surface area contributed by atoms with E-state index < -0.39 is 0 Å². The van der Waals surface area contributed by atoms with Crippen LogP contribution in [0.5, 0.6) is 11.5 Å². The summed E-state index contributed by atoms with van der Waals surface area (Å²) < 4.78 is 10.9. The van der Waals surface area contributed by atoms with Crippen molar-refractivity contribution >= 4 is 33.8 Å². The molecule has 0 saturated heterocycles. The van der Waals surface area contributed by atoms with Crippen LogP contribution in [0.25, 0.3) is 16.3 Å². The van der Waals surface area contributed by atoms with Crippen LogP contribution in [0.15, 0.2) is 60.2 Å². The number of Topliss-reactive ketones (excluding diaryl/α,β-unsaturated/α-hetero) is 1. The van der Waals surface area contributed by atoms with E-state index in [0.29, 0.717) is 17.9 Å². The molecular formula is C27H25NO4. The Labute approximate surface area is 187 Å². The molecule has 1 aliphatic heterocycles. The zero-order valence-corrected chi connectivity index (χ0v) is 18.2. The van der Waals surface area contributed by atoms with Gasteiger partial charge in [-0.2, -0.15) is 0 Å². The molecule has 0 unspecified atom stereocenters. The summed E-state index contributed by atoms with van der Waals surface area (Å²) in [6.45, 7) is 1.75. The molecule has 1 N–H and O–H groups in total. The van der Waals surface area contributed by atoms with Gasteiger partial charge >= 0.3 is 5.97 Å². The third-order valence-corrected chi connectivity index (χ3v) is 6.31. The first-order valence-corrected chi connectivity index (χ1v) is 11.0. The number of ketones is 1. The molecule has 0 saturated carbocycles. The van der Waals surface area contributed by atoms with Crippen LogP contribution in [0.2, 0.25) is 0 Å². The Bertz CT molecular complexity index is 1270. The lowest BCUT2D eigenvalue weighted by Crippen LogP contribution is -2.27. The van der Waals surface area contributed by atoms with Crippen molar-refractivity contribution < 1.29 is 19.1 Å². The molecule has 1 heterocycles. The number of esters is 1. The minimum atomic E-state index is -0.319. The molecular weight excluding hydrogens is 402 g/mol. The van der Waals surface area contributed by atoms with Crippen LogP contribution in [0, 0.1) is 0 Å². The van der Waals surface area contributed by atoms with Gasteiger partial charge in [-0.25, -0.2) is 0 Å². The Kier molecular flexibility index (Phi) is 5.17. The molecule has 162 valence electrons. The van der Waals surface area contributed by atoms with E-state index in [0.717, 1.165) is 46.2 Å². The number of anilines is 1. The van der Waals surface area contributed by atoms with Gasteiger partial charge in [-0.1, -0.05) is 43.3 Å². The van der Waals surface area contributed by atoms with Crippen LogP contribution in [-0.4, -0.2) is 18.9 Å². The topological polar surface area (TPSA) is 64.6 Å². The van der Waals surface area contributed by atoms with E-state index >= 15 is 0 Å². The molecule has 0 radical (unpaired) electrons. The molecule has 2 aliphatic rings. The average molecular weight is 428 g/mol. The number of ether oxygens (including phenoxy) is 2. The largest absolute Gasteiger partial charge is 0.493 e. The molecule has 0 fully saturated rings. The second kappa shape index (κ2) is 8.15. The van der Waals surface area contributed by atoms with Gasteiger partial charge in [-0.05, 0) is 52.9 Å². The highest BCUT2D eigenvalue weighted by molar-refractivity contribution is 6.12. The summed E-state index contributed by atoms with van der Waals surface area (Å²) in [6, 6.07) is 17.7. The van der Waals surface area contributed by atoms with Crippen molar-refractivity contribution in [2.45, 2.75) is 38.6 Å². The maximum Gasteiger partial charge on any atom is 0.311 e. The monoisotopic (exact) mass is 427 g/mol. The summed E-state index contributed by atoms with van der Waals surface area (Å²) in [6.07, 6.45) is 2.58. The normalized spacial score (nSPS) is 17.4. The molecule has 5 rings (SSSR count). The maximum atomic E-state index is 13.2. The molecule has 1 aliphatic carbocycles. The number of rotatable bonds is 4. The van der Waals surface area contributed by atoms with E-state index in [4.69, 9.17) is 9.47 Å². The lowest BCUT2D eigenvalue weighted by atomic mass is 9.77. The smallest absolute Gasteiger partial charge is 0.311 e. The lowest BCUT2D eigenvalue weighted by molar-refractivity contribution is -0.134. The van der Waals surface area contributed by atoms with E-state index in [1.165, 1.54) is 5.39 Å². The summed E-state index contributed by atoms with van der Waals surface area (Å²) >= 11 is 0. The minimum absolute atomic E-state index is 0.183. The Morgan fingerprint density at radius 3 is 2.72 bits per heavy atom. The zero-order chi connectivity index (χ0) is 22.2. The van der Waals surface area contributed by atoms with Gasteiger partial charge in [0.2, 0.25) is 0 Å². The van der Waals surface area contributed by atoms with Crippen LogP contribution < -0.4 is 14.8 Å². The quantitative estimate of drug-likeness (QED) is 0.419. The molecule has 0 bridgehead atoms. The zero-order valence-electron chi connectivity index (χ0n) is 18.2. The molecule has 0 spiro atoms. The predicted molar refractivity (Wildman–Crippen MR) is 125 cm³/mol. The highest BCUT2D eigenvalue weighted by atomic mass is 16.6. The van der Waals surface area contributed by atoms with Crippen molar-refractivity contribution in [3.63, 3.8) is 0 Å². The fraction of sp³-hybridized carbons (Fsp3) is 0.259. The number of methoxy groups -OCH3 is 1. The fourth-order valence-electron chi connectivity index (χ4n) is 4.80. The van der Waals surface area contributed by atoms with Gasteiger partial charge in [0.25, 0.3) is 0 Å². The lowest BCUT2D eigenvalue weighted by Gasteiger charge is -2.35. The van der Waals surface area contributed by atoms with Gasteiger partial charge in [0.05, 0.1) is 13.2 Å². The van der Waals surface area contributed by atoms with Gasteiger partial charge in [-0.15, -0.1) is 0 Å². The van der Waals surface area contributed by atoms with Crippen LogP contribution >= 0.6 is 0 Å². The Morgan fingerprint density at radius 2 is 1.91 bits per heavy atom. The highest BCUT2D eigenvalue weighted by Gasteiger charge is 2.35. The second-order valence-corrected chi connectivity index (χ2v) is 8.19. The van der Waals surface area contributed by atoms with Gasteiger partial charge < -0.3 is 14.8 Å². The maximum absolute atomic E-state index is 13.2. The molecule has 3 aromatic carbocycles. The van der Waals surface area contributed by atoms with Gasteiger partial charge in [0.15, 0.2) is 17.3 Å². The first kappa shape index (κ1) is 20.3. The number of hydrogen-bond acceptors (Lipinski definition) is 5. The Morgan fingerprint density at radius 1 is 1.06 bits per heavy atom. The van der Waals surface area contributed by atoms with Crippen LogP contribution in [0.4, 0.5) is 5.69 Å².